The highest BCUT2D eigenvalue weighted by Crippen LogP contribution is 2.19. The lowest BCUT2D eigenvalue weighted by atomic mass is 10.3. The van der Waals surface area contributed by atoms with Crippen molar-refractivity contribution in [2.24, 2.45) is 5.73 Å². The average Bonchev–Trinajstić information content (AvgIpc) is 2.46. The molecule has 14 heavy (non-hydrogen) atoms. The summed E-state index contributed by atoms with van der Waals surface area (Å²) in [4.78, 5) is 18.2. The molecule has 0 aliphatic heterocycles. The van der Waals surface area contributed by atoms with E-state index in [4.69, 9.17) is 5.73 Å². The molecule has 1 heterocycles. The molecule has 0 spiro atoms. The van der Waals surface area contributed by atoms with Gasteiger partial charge >= 0.3 is 0 Å². The van der Waals surface area contributed by atoms with Crippen LogP contribution in [0.25, 0.3) is 0 Å². The third-order valence-electron chi connectivity index (χ3n) is 1.80. The summed E-state index contributed by atoms with van der Waals surface area (Å²) in [5.41, 5.74) is 6.23. The lowest BCUT2D eigenvalue weighted by Gasteiger charge is -2.07. The third kappa shape index (κ3) is 2.30. The molecule has 1 aromatic rings. The molecule has 1 rings (SSSR count). The molecule has 0 aromatic carbocycles. The van der Waals surface area contributed by atoms with Gasteiger partial charge in [-0.05, 0) is 13.5 Å². The molecule has 2 N–H and O–H groups in total. The van der Waals surface area contributed by atoms with Crippen LogP contribution in [0.5, 0.6) is 0 Å². The van der Waals surface area contributed by atoms with Crippen LogP contribution in [-0.4, -0.2) is 36.4 Å². The topological polar surface area (TPSA) is 59.2 Å². The van der Waals surface area contributed by atoms with Crippen LogP contribution in [0.3, 0.4) is 0 Å². The maximum absolute atomic E-state index is 11.6. The number of hydrogen-bond acceptors (Lipinski definition) is 4. The summed E-state index contributed by atoms with van der Waals surface area (Å²) in [5.74, 6) is 0.0169. The number of carbonyl (C=O) groups excluding carboxylic acids is 1. The number of thiazole rings is 1. The van der Waals surface area contributed by atoms with Crippen molar-refractivity contribution >= 4 is 17.2 Å². The number of nitrogens with zero attached hydrogens (tertiary/aromatic N) is 2. The van der Waals surface area contributed by atoms with Crippen LogP contribution in [0.1, 0.15) is 20.4 Å². The van der Waals surface area contributed by atoms with E-state index in [0.29, 0.717) is 6.54 Å². The largest absolute Gasteiger partial charge is 0.344 e. The van der Waals surface area contributed by atoms with Crippen molar-refractivity contribution in [1.29, 1.82) is 0 Å². The molecule has 1 aromatic heterocycles. The lowest BCUT2D eigenvalue weighted by Crippen LogP contribution is -2.21. The van der Waals surface area contributed by atoms with E-state index >= 15 is 0 Å². The van der Waals surface area contributed by atoms with Crippen LogP contribution in [0.15, 0.2) is 0 Å². The number of rotatable bonds is 3. The molecule has 0 aliphatic rings. The highest BCUT2D eigenvalue weighted by molar-refractivity contribution is 7.13. The predicted molar refractivity (Wildman–Crippen MR) is 57.6 cm³/mol. The zero-order valence-corrected chi connectivity index (χ0v) is 9.52. The number of carbonyl (C=O) groups is 1. The van der Waals surface area contributed by atoms with Crippen molar-refractivity contribution in [1.82, 2.24) is 9.88 Å². The van der Waals surface area contributed by atoms with Gasteiger partial charge in [0, 0.05) is 20.5 Å². The van der Waals surface area contributed by atoms with E-state index in [9.17, 15) is 4.79 Å². The number of aromatic nitrogens is 1. The van der Waals surface area contributed by atoms with E-state index in [1.54, 1.807) is 19.0 Å². The van der Waals surface area contributed by atoms with Gasteiger partial charge in [0.15, 0.2) is 0 Å². The van der Waals surface area contributed by atoms with Gasteiger partial charge in [-0.2, -0.15) is 0 Å². The molecule has 0 fully saturated rings. The maximum atomic E-state index is 11.6. The molecule has 0 atom stereocenters. The van der Waals surface area contributed by atoms with Crippen LogP contribution in [0.4, 0.5) is 0 Å². The van der Waals surface area contributed by atoms with Gasteiger partial charge in [0.1, 0.15) is 4.88 Å². The summed E-state index contributed by atoms with van der Waals surface area (Å²) in [6.45, 7) is 2.43. The van der Waals surface area contributed by atoms with Gasteiger partial charge in [-0.3, -0.25) is 4.79 Å². The van der Waals surface area contributed by atoms with Gasteiger partial charge in [0.05, 0.1) is 10.7 Å². The quantitative estimate of drug-likeness (QED) is 0.802. The van der Waals surface area contributed by atoms with E-state index in [0.717, 1.165) is 22.0 Å². The Morgan fingerprint density at radius 1 is 1.57 bits per heavy atom. The zero-order valence-electron chi connectivity index (χ0n) is 8.70. The van der Waals surface area contributed by atoms with Crippen LogP contribution >= 0.6 is 11.3 Å². The van der Waals surface area contributed by atoms with Crippen molar-refractivity contribution in [2.45, 2.75) is 13.3 Å². The van der Waals surface area contributed by atoms with Gasteiger partial charge in [0.2, 0.25) is 0 Å². The molecule has 0 saturated heterocycles. The number of hydrogen-bond donors (Lipinski definition) is 1. The van der Waals surface area contributed by atoms with Crippen LogP contribution in [0, 0.1) is 6.92 Å². The van der Waals surface area contributed by atoms with Crippen molar-refractivity contribution in [2.75, 3.05) is 20.6 Å². The molecule has 1 amide bonds. The van der Waals surface area contributed by atoms with Crippen LogP contribution in [-0.2, 0) is 6.42 Å². The molecule has 0 aliphatic carbocycles. The first-order valence-corrected chi connectivity index (χ1v) is 5.26. The normalized spacial score (nSPS) is 10.3. The maximum Gasteiger partial charge on any atom is 0.265 e. The molecule has 5 heteroatoms. The van der Waals surface area contributed by atoms with Gasteiger partial charge in [-0.1, -0.05) is 0 Å². The summed E-state index contributed by atoms with van der Waals surface area (Å²) in [6.07, 6.45) is 0.742. The van der Waals surface area contributed by atoms with E-state index in [2.05, 4.69) is 4.98 Å². The molecule has 4 nitrogen and oxygen atoms in total. The monoisotopic (exact) mass is 213 g/mol. The Labute approximate surface area is 87.7 Å². The fraction of sp³-hybridized carbons (Fsp3) is 0.556. The van der Waals surface area contributed by atoms with Gasteiger partial charge in [-0.25, -0.2) is 4.98 Å². The van der Waals surface area contributed by atoms with Gasteiger partial charge < -0.3 is 10.6 Å². The van der Waals surface area contributed by atoms with Crippen molar-refractivity contribution in [3.05, 3.63) is 15.6 Å². The SMILES string of the molecule is Cc1nc(CCN)sc1C(=O)N(C)C. The summed E-state index contributed by atoms with van der Waals surface area (Å²) in [7, 11) is 3.48. The van der Waals surface area contributed by atoms with Crippen LogP contribution < -0.4 is 5.73 Å². The summed E-state index contributed by atoms with van der Waals surface area (Å²) < 4.78 is 0. The molecular formula is C9H15N3OS. The first kappa shape index (κ1) is 11.1. The average molecular weight is 213 g/mol. The number of nitrogens with two attached hydrogens (primary N) is 1. The Morgan fingerprint density at radius 3 is 2.71 bits per heavy atom. The number of amides is 1. The Bertz CT molecular complexity index is 333. The van der Waals surface area contributed by atoms with Crippen LogP contribution in [0.2, 0.25) is 0 Å². The smallest absolute Gasteiger partial charge is 0.265 e. The van der Waals surface area contributed by atoms with Gasteiger partial charge in [-0.15, -0.1) is 11.3 Å². The number of aryl methyl sites for hydroxylation is 1. The molecule has 78 valence electrons. The fourth-order valence-corrected chi connectivity index (χ4v) is 2.19. The Balaban J connectivity index is 2.92. The molecule has 0 radical (unpaired) electrons. The highest BCUT2D eigenvalue weighted by Gasteiger charge is 2.16. The van der Waals surface area contributed by atoms with E-state index in [-0.39, 0.29) is 5.91 Å². The third-order valence-corrected chi connectivity index (χ3v) is 3.00. The summed E-state index contributed by atoms with van der Waals surface area (Å²) in [6, 6.07) is 0. The second-order valence-electron chi connectivity index (χ2n) is 3.26. The minimum atomic E-state index is 0.0169. The van der Waals surface area contributed by atoms with Crippen molar-refractivity contribution in [3.8, 4) is 0 Å². The molecule has 0 saturated carbocycles. The zero-order chi connectivity index (χ0) is 10.7. The Morgan fingerprint density at radius 2 is 2.21 bits per heavy atom. The highest BCUT2D eigenvalue weighted by atomic mass is 32.1. The predicted octanol–water partition coefficient (Wildman–Crippen LogP) is 0.655. The minimum absolute atomic E-state index is 0.0169. The van der Waals surface area contributed by atoms with E-state index in [1.165, 1.54) is 11.3 Å². The first-order valence-electron chi connectivity index (χ1n) is 4.44. The summed E-state index contributed by atoms with van der Waals surface area (Å²) in [5, 5.41) is 0.940. The molecule has 0 unspecified atom stereocenters. The van der Waals surface area contributed by atoms with Gasteiger partial charge in [0.25, 0.3) is 5.91 Å². The standard InChI is InChI=1S/C9H15N3OS/c1-6-8(9(13)12(2)3)14-7(11-6)4-5-10/h4-5,10H2,1-3H3. The minimum Gasteiger partial charge on any atom is -0.344 e. The summed E-state index contributed by atoms with van der Waals surface area (Å²) >= 11 is 1.44. The second kappa shape index (κ2) is 4.52. The molecular weight excluding hydrogens is 198 g/mol. The second-order valence-corrected chi connectivity index (χ2v) is 4.34. The van der Waals surface area contributed by atoms with Crippen molar-refractivity contribution in [3.63, 3.8) is 0 Å². The fourth-order valence-electron chi connectivity index (χ4n) is 1.08. The first-order chi connectivity index (χ1) is 6.56. The van der Waals surface area contributed by atoms with E-state index in [1.807, 2.05) is 6.92 Å². The lowest BCUT2D eigenvalue weighted by molar-refractivity contribution is 0.0831. The molecule has 0 bridgehead atoms. The Kier molecular flexibility index (Phi) is 3.60. The van der Waals surface area contributed by atoms with E-state index < -0.39 is 0 Å². The Hall–Kier alpha value is -0.940. The van der Waals surface area contributed by atoms with Crippen molar-refractivity contribution < 1.29 is 4.79 Å².